The van der Waals surface area contributed by atoms with Crippen LogP contribution in [-0.4, -0.2) is 36.6 Å². The molecule has 1 aliphatic heterocycles. The minimum atomic E-state index is -0.0160. The van der Waals surface area contributed by atoms with Crippen LogP contribution < -0.4 is 10.2 Å². The van der Waals surface area contributed by atoms with Crippen LogP contribution >= 0.6 is 15.9 Å². The van der Waals surface area contributed by atoms with Gasteiger partial charge in [0.1, 0.15) is 0 Å². The molecule has 0 bridgehead atoms. The lowest BCUT2D eigenvalue weighted by atomic mass is 10.0. The van der Waals surface area contributed by atoms with E-state index in [4.69, 9.17) is 0 Å². The van der Waals surface area contributed by atoms with E-state index in [9.17, 15) is 4.79 Å². The second kappa shape index (κ2) is 7.01. The third-order valence-corrected chi connectivity index (χ3v) is 4.03. The van der Waals surface area contributed by atoms with Crippen molar-refractivity contribution in [2.75, 3.05) is 19.6 Å². The molecule has 1 saturated heterocycles. The number of hydrogen-bond donors (Lipinski definition) is 2. The maximum Gasteiger partial charge on any atom is 0.253 e. The Bertz CT molecular complexity index is 430. The molecule has 1 amide bonds. The van der Waals surface area contributed by atoms with Crippen molar-refractivity contribution in [1.82, 2.24) is 10.3 Å². The highest BCUT2D eigenvalue weighted by Gasteiger charge is 2.23. The minimum Gasteiger partial charge on any atom is -0.349 e. The molecule has 1 fully saturated rings. The summed E-state index contributed by atoms with van der Waals surface area (Å²) in [5.74, 6) is -0.0160. The van der Waals surface area contributed by atoms with Crippen LogP contribution in [0.1, 0.15) is 36.5 Å². The van der Waals surface area contributed by atoms with Crippen molar-refractivity contribution in [2.24, 2.45) is 0 Å². The molecule has 0 aliphatic carbocycles. The number of nitrogens with zero attached hydrogens (tertiary/aromatic N) is 1. The molecule has 4 nitrogen and oxygen atoms in total. The topological polar surface area (TPSA) is 46.4 Å². The first kappa shape index (κ1) is 14.5. The quantitative estimate of drug-likeness (QED) is 0.868. The van der Waals surface area contributed by atoms with Crippen molar-refractivity contribution in [3.05, 3.63) is 28.5 Å². The summed E-state index contributed by atoms with van der Waals surface area (Å²) in [5.41, 5.74) is 0.623. The van der Waals surface area contributed by atoms with Gasteiger partial charge >= 0.3 is 0 Å². The number of halogens is 1. The first-order valence-corrected chi connectivity index (χ1v) is 7.73. The number of hydrogen-bond acceptors (Lipinski definition) is 2. The molecule has 0 radical (unpaired) electrons. The van der Waals surface area contributed by atoms with Crippen molar-refractivity contribution in [3.63, 3.8) is 0 Å². The van der Waals surface area contributed by atoms with E-state index in [1.165, 1.54) is 13.0 Å². The first-order chi connectivity index (χ1) is 9.19. The number of amides is 1. The normalized spacial score (nSPS) is 23.1. The van der Waals surface area contributed by atoms with E-state index < -0.39 is 0 Å². The molecule has 0 atom stereocenters. The Hall–Kier alpha value is -0.940. The Balaban J connectivity index is 1.84. The third-order valence-electron chi connectivity index (χ3n) is 3.60. The van der Waals surface area contributed by atoms with Crippen molar-refractivity contribution in [3.8, 4) is 0 Å². The molecular formula is C14H21BrN3O+. The van der Waals surface area contributed by atoms with Crippen LogP contribution in [0.3, 0.4) is 0 Å². The molecule has 104 valence electrons. The van der Waals surface area contributed by atoms with Crippen LogP contribution in [0.15, 0.2) is 22.9 Å². The fraction of sp³-hybridized carbons (Fsp3) is 0.571. The number of likely N-dealkylation sites (tertiary alicyclic amines) is 1. The lowest BCUT2D eigenvalue weighted by molar-refractivity contribution is -0.905. The standard InChI is InChI=1S/C14H20BrN3O/c1-2-5-18-6-3-13(4-7-18)17-14(19)11-8-12(15)10-16-9-11/h8-10,13H,2-7H2,1H3,(H,17,19)/p+1. The molecule has 2 rings (SSSR count). The molecule has 0 unspecified atom stereocenters. The lowest BCUT2D eigenvalue weighted by Gasteiger charge is -2.29. The summed E-state index contributed by atoms with van der Waals surface area (Å²) in [4.78, 5) is 17.8. The molecule has 2 heterocycles. The number of quaternary nitrogens is 1. The van der Waals surface area contributed by atoms with E-state index in [1.54, 1.807) is 23.4 Å². The molecule has 19 heavy (non-hydrogen) atoms. The van der Waals surface area contributed by atoms with Crippen molar-refractivity contribution < 1.29 is 9.69 Å². The van der Waals surface area contributed by atoms with Gasteiger partial charge in [-0.1, -0.05) is 6.92 Å². The van der Waals surface area contributed by atoms with Gasteiger partial charge in [-0.05, 0) is 28.4 Å². The molecule has 0 aromatic carbocycles. The van der Waals surface area contributed by atoms with Gasteiger partial charge in [-0.25, -0.2) is 0 Å². The van der Waals surface area contributed by atoms with Gasteiger partial charge in [0, 0.05) is 35.7 Å². The highest BCUT2D eigenvalue weighted by molar-refractivity contribution is 9.10. The Morgan fingerprint density at radius 3 is 2.84 bits per heavy atom. The van der Waals surface area contributed by atoms with Crippen molar-refractivity contribution >= 4 is 21.8 Å². The monoisotopic (exact) mass is 326 g/mol. The van der Waals surface area contributed by atoms with Crippen LogP contribution in [0.5, 0.6) is 0 Å². The molecule has 1 aromatic heterocycles. The number of rotatable bonds is 4. The highest BCUT2D eigenvalue weighted by atomic mass is 79.9. The average Bonchev–Trinajstić information content (AvgIpc) is 2.41. The summed E-state index contributed by atoms with van der Waals surface area (Å²) in [5, 5.41) is 3.11. The maximum absolute atomic E-state index is 12.1. The summed E-state index contributed by atoms with van der Waals surface area (Å²) in [6.45, 7) is 5.79. The van der Waals surface area contributed by atoms with Crippen molar-refractivity contribution in [2.45, 2.75) is 32.2 Å². The number of aromatic nitrogens is 1. The van der Waals surface area contributed by atoms with E-state index in [2.05, 4.69) is 33.2 Å². The molecule has 0 saturated carbocycles. The highest BCUT2D eigenvalue weighted by Crippen LogP contribution is 2.10. The Kier molecular flexibility index (Phi) is 5.34. The molecular weight excluding hydrogens is 306 g/mol. The van der Waals surface area contributed by atoms with E-state index in [0.29, 0.717) is 11.6 Å². The van der Waals surface area contributed by atoms with E-state index in [0.717, 1.165) is 30.4 Å². The van der Waals surface area contributed by atoms with Crippen molar-refractivity contribution in [1.29, 1.82) is 0 Å². The number of carbonyl (C=O) groups is 1. The van der Waals surface area contributed by atoms with Crippen LogP contribution in [0.4, 0.5) is 0 Å². The number of piperidine rings is 1. The zero-order valence-corrected chi connectivity index (χ0v) is 12.9. The van der Waals surface area contributed by atoms with Gasteiger partial charge in [0.05, 0.1) is 25.2 Å². The predicted octanol–water partition coefficient (Wildman–Crippen LogP) is 1.03. The number of nitrogens with one attached hydrogen (secondary N) is 2. The second-order valence-corrected chi connectivity index (χ2v) is 6.06. The maximum atomic E-state index is 12.1. The summed E-state index contributed by atoms with van der Waals surface area (Å²) < 4.78 is 0.836. The zero-order chi connectivity index (χ0) is 13.7. The summed E-state index contributed by atoms with van der Waals surface area (Å²) in [7, 11) is 0. The first-order valence-electron chi connectivity index (χ1n) is 6.94. The summed E-state index contributed by atoms with van der Waals surface area (Å²) in [6, 6.07) is 2.12. The van der Waals surface area contributed by atoms with Gasteiger partial charge in [0.15, 0.2) is 0 Å². The molecule has 5 heteroatoms. The molecule has 0 spiro atoms. The van der Waals surface area contributed by atoms with Gasteiger partial charge in [-0.2, -0.15) is 0 Å². The summed E-state index contributed by atoms with van der Waals surface area (Å²) >= 11 is 3.33. The SMILES string of the molecule is CCC[NH+]1CCC(NC(=O)c2cncc(Br)c2)CC1. The number of carbonyl (C=O) groups excluding carboxylic acids is 1. The molecule has 2 N–H and O–H groups in total. The molecule has 1 aromatic rings. The van der Waals surface area contributed by atoms with E-state index in [-0.39, 0.29) is 5.91 Å². The van der Waals surface area contributed by atoms with Crippen LogP contribution in [-0.2, 0) is 0 Å². The fourth-order valence-corrected chi connectivity index (χ4v) is 2.94. The van der Waals surface area contributed by atoms with Gasteiger partial charge in [0.2, 0.25) is 0 Å². The number of pyridine rings is 1. The van der Waals surface area contributed by atoms with Crippen LogP contribution in [0.2, 0.25) is 0 Å². The smallest absolute Gasteiger partial charge is 0.253 e. The van der Waals surface area contributed by atoms with E-state index >= 15 is 0 Å². The third kappa shape index (κ3) is 4.28. The van der Waals surface area contributed by atoms with Crippen LogP contribution in [0, 0.1) is 0 Å². The summed E-state index contributed by atoms with van der Waals surface area (Å²) in [6.07, 6.45) is 6.67. The second-order valence-electron chi connectivity index (χ2n) is 5.14. The minimum absolute atomic E-state index is 0.0160. The fourth-order valence-electron chi connectivity index (χ4n) is 2.58. The average molecular weight is 327 g/mol. The van der Waals surface area contributed by atoms with Gasteiger partial charge < -0.3 is 10.2 Å². The molecule has 1 aliphatic rings. The zero-order valence-electron chi connectivity index (χ0n) is 11.3. The lowest BCUT2D eigenvalue weighted by Crippen LogP contribution is -3.13. The van der Waals surface area contributed by atoms with E-state index in [1.807, 2.05) is 0 Å². The predicted molar refractivity (Wildman–Crippen MR) is 78.3 cm³/mol. The van der Waals surface area contributed by atoms with Gasteiger partial charge in [-0.15, -0.1) is 0 Å². The Morgan fingerprint density at radius 1 is 1.47 bits per heavy atom. The largest absolute Gasteiger partial charge is 0.349 e. The Morgan fingerprint density at radius 2 is 2.21 bits per heavy atom. The Labute approximate surface area is 122 Å². The van der Waals surface area contributed by atoms with Gasteiger partial charge in [0.25, 0.3) is 5.91 Å². The van der Waals surface area contributed by atoms with Crippen LogP contribution in [0.25, 0.3) is 0 Å². The van der Waals surface area contributed by atoms with Gasteiger partial charge in [-0.3, -0.25) is 9.78 Å².